The molecule has 0 aromatic heterocycles. The second-order valence-corrected chi connectivity index (χ2v) is 7.53. The number of hydrogen-bond acceptors (Lipinski definition) is 4. The molecule has 172 valence electrons. The average Bonchev–Trinajstić information content (AvgIpc) is 2.79. The second kappa shape index (κ2) is 10.6. The number of methoxy groups -OCH3 is 1. The van der Waals surface area contributed by atoms with Crippen molar-refractivity contribution in [1.29, 1.82) is 0 Å². The maximum atomic E-state index is 13.2. The first kappa shape index (κ1) is 23.7. The van der Waals surface area contributed by atoms with Crippen molar-refractivity contribution >= 4 is 11.8 Å². The zero-order valence-corrected chi connectivity index (χ0v) is 17.8. The minimum atomic E-state index is -4.41. The van der Waals surface area contributed by atoms with E-state index in [1.807, 2.05) is 4.90 Å². The number of rotatable bonds is 7. The number of nitrogens with zero attached hydrogens (tertiary/aromatic N) is 2. The van der Waals surface area contributed by atoms with Gasteiger partial charge in [-0.15, -0.1) is 0 Å². The van der Waals surface area contributed by atoms with E-state index >= 15 is 0 Å². The Balaban J connectivity index is 1.64. The molecule has 0 saturated carbocycles. The largest absolute Gasteiger partial charge is 0.416 e. The first-order valence-corrected chi connectivity index (χ1v) is 10.3. The lowest BCUT2D eigenvalue weighted by atomic mass is 9.97. The summed E-state index contributed by atoms with van der Waals surface area (Å²) in [5.74, 6) is -0.265. The van der Waals surface area contributed by atoms with E-state index in [2.05, 4.69) is 5.32 Å². The van der Waals surface area contributed by atoms with Crippen LogP contribution in [0.3, 0.4) is 0 Å². The molecule has 6 nitrogen and oxygen atoms in total. The van der Waals surface area contributed by atoms with Gasteiger partial charge >= 0.3 is 6.18 Å². The van der Waals surface area contributed by atoms with E-state index in [0.717, 1.165) is 12.1 Å². The third kappa shape index (κ3) is 6.08. The van der Waals surface area contributed by atoms with E-state index in [9.17, 15) is 22.8 Å². The summed E-state index contributed by atoms with van der Waals surface area (Å²) in [6.07, 6.45) is -4.41. The van der Waals surface area contributed by atoms with Crippen molar-refractivity contribution in [3.8, 4) is 11.1 Å². The van der Waals surface area contributed by atoms with E-state index in [-0.39, 0.29) is 18.4 Å². The zero-order valence-electron chi connectivity index (χ0n) is 17.8. The highest BCUT2D eigenvalue weighted by Crippen LogP contribution is 2.32. The molecule has 1 aliphatic heterocycles. The van der Waals surface area contributed by atoms with Crippen LogP contribution in [0.4, 0.5) is 13.2 Å². The minimum absolute atomic E-state index is 0.0884. The third-order valence-corrected chi connectivity index (χ3v) is 5.34. The van der Waals surface area contributed by atoms with E-state index in [4.69, 9.17) is 4.74 Å². The lowest BCUT2D eigenvalue weighted by Crippen LogP contribution is -2.51. The first-order chi connectivity index (χ1) is 15.3. The van der Waals surface area contributed by atoms with Gasteiger partial charge in [0.1, 0.15) is 0 Å². The maximum Gasteiger partial charge on any atom is 0.416 e. The Kier molecular flexibility index (Phi) is 7.87. The number of ether oxygens (including phenoxy) is 1. The number of carbonyl (C=O) groups excluding carboxylic acids is 2. The van der Waals surface area contributed by atoms with Crippen LogP contribution in [0.15, 0.2) is 48.5 Å². The van der Waals surface area contributed by atoms with Gasteiger partial charge in [-0.05, 0) is 29.3 Å². The topological polar surface area (TPSA) is 61.9 Å². The van der Waals surface area contributed by atoms with Gasteiger partial charge in [-0.25, -0.2) is 0 Å². The van der Waals surface area contributed by atoms with Crippen LogP contribution in [-0.4, -0.2) is 74.6 Å². The van der Waals surface area contributed by atoms with Gasteiger partial charge in [0, 0.05) is 45.4 Å². The molecular weight excluding hydrogens is 423 g/mol. The van der Waals surface area contributed by atoms with Crippen molar-refractivity contribution < 1.29 is 27.5 Å². The summed E-state index contributed by atoms with van der Waals surface area (Å²) in [7, 11) is 1.57. The predicted octanol–water partition coefficient (Wildman–Crippen LogP) is 2.89. The molecule has 32 heavy (non-hydrogen) atoms. The number of carbonyl (C=O) groups is 2. The van der Waals surface area contributed by atoms with E-state index in [0.29, 0.717) is 56.0 Å². The van der Waals surface area contributed by atoms with Gasteiger partial charge in [-0.3, -0.25) is 14.5 Å². The van der Waals surface area contributed by atoms with E-state index in [1.165, 1.54) is 12.1 Å². The van der Waals surface area contributed by atoms with Gasteiger partial charge in [-0.1, -0.05) is 30.3 Å². The fourth-order valence-corrected chi connectivity index (χ4v) is 3.59. The molecule has 1 heterocycles. The highest BCUT2D eigenvalue weighted by Gasteiger charge is 2.30. The predicted molar refractivity (Wildman–Crippen MR) is 114 cm³/mol. The summed E-state index contributed by atoms with van der Waals surface area (Å²) in [6, 6.07) is 11.7. The van der Waals surface area contributed by atoms with Crippen molar-refractivity contribution in [2.75, 3.05) is 53.0 Å². The van der Waals surface area contributed by atoms with Gasteiger partial charge < -0.3 is 15.0 Å². The number of alkyl halides is 3. The van der Waals surface area contributed by atoms with Crippen molar-refractivity contribution in [2.24, 2.45) is 0 Å². The van der Waals surface area contributed by atoms with Crippen LogP contribution >= 0.6 is 0 Å². The van der Waals surface area contributed by atoms with Gasteiger partial charge in [0.2, 0.25) is 5.91 Å². The molecular formula is C23H26F3N3O3. The Morgan fingerprint density at radius 1 is 1.00 bits per heavy atom. The number of halogens is 3. The average molecular weight is 449 g/mol. The van der Waals surface area contributed by atoms with Crippen LogP contribution in [0.25, 0.3) is 11.1 Å². The fourth-order valence-electron chi connectivity index (χ4n) is 3.59. The summed E-state index contributed by atoms with van der Waals surface area (Å²) >= 11 is 0. The van der Waals surface area contributed by atoms with Crippen molar-refractivity contribution in [3.63, 3.8) is 0 Å². The standard InChI is InChI=1S/C23H26F3N3O3/c1-32-15-10-27-21(30)16-28-11-13-29(14-12-28)22(31)20-5-3-2-4-19(20)17-6-8-18(9-7-17)23(24,25)26/h2-9H,10-16H2,1H3,(H,27,30). The van der Waals surface area contributed by atoms with Gasteiger partial charge in [-0.2, -0.15) is 13.2 Å². The molecule has 3 rings (SSSR count). The molecule has 1 saturated heterocycles. The fraction of sp³-hybridized carbons (Fsp3) is 0.391. The smallest absolute Gasteiger partial charge is 0.383 e. The molecule has 1 N–H and O–H groups in total. The summed E-state index contributed by atoms with van der Waals surface area (Å²) in [5, 5.41) is 2.77. The highest BCUT2D eigenvalue weighted by molar-refractivity contribution is 6.01. The Labute approximate surface area is 184 Å². The highest BCUT2D eigenvalue weighted by atomic mass is 19.4. The van der Waals surface area contributed by atoms with Gasteiger partial charge in [0.15, 0.2) is 0 Å². The molecule has 9 heteroatoms. The monoisotopic (exact) mass is 449 g/mol. The van der Waals surface area contributed by atoms with Crippen LogP contribution < -0.4 is 5.32 Å². The summed E-state index contributed by atoms with van der Waals surface area (Å²) in [4.78, 5) is 28.8. The molecule has 0 atom stereocenters. The van der Waals surface area contributed by atoms with Crippen LogP contribution in [0, 0.1) is 0 Å². The summed E-state index contributed by atoms with van der Waals surface area (Å²) < 4.78 is 43.5. The minimum Gasteiger partial charge on any atom is -0.383 e. The molecule has 1 aliphatic rings. The van der Waals surface area contributed by atoms with Crippen LogP contribution in [0.1, 0.15) is 15.9 Å². The van der Waals surface area contributed by atoms with Gasteiger partial charge in [0.25, 0.3) is 5.91 Å². The maximum absolute atomic E-state index is 13.2. The number of piperazine rings is 1. The number of amides is 2. The quantitative estimate of drug-likeness (QED) is 0.661. The van der Waals surface area contributed by atoms with Crippen molar-refractivity contribution in [3.05, 3.63) is 59.7 Å². The number of nitrogens with one attached hydrogen (secondary N) is 1. The normalized spacial score (nSPS) is 14.9. The van der Waals surface area contributed by atoms with Crippen molar-refractivity contribution in [2.45, 2.75) is 6.18 Å². The lowest BCUT2D eigenvalue weighted by Gasteiger charge is -2.34. The molecule has 0 aliphatic carbocycles. The van der Waals surface area contributed by atoms with Crippen LogP contribution in [0.2, 0.25) is 0 Å². The molecule has 0 unspecified atom stereocenters. The first-order valence-electron chi connectivity index (χ1n) is 10.3. The second-order valence-electron chi connectivity index (χ2n) is 7.53. The number of benzene rings is 2. The SMILES string of the molecule is COCCNC(=O)CN1CCN(C(=O)c2ccccc2-c2ccc(C(F)(F)F)cc2)CC1. The molecule has 0 bridgehead atoms. The lowest BCUT2D eigenvalue weighted by molar-refractivity contribution is -0.137. The van der Waals surface area contributed by atoms with E-state index in [1.54, 1.807) is 36.3 Å². The Hall–Kier alpha value is -2.91. The Morgan fingerprint density at radius 2 is 1.66 bits per heavy atom. The van der Waals surface area contributed by atoms with Crippen LogP contribution in [0.5, 0.6) is 0 Å². The Morgan fingerprint density at radius 3 is 2.28 bits per heavy atom. The molecule has 2 aromatic carbocycles. The molecule has 0 spiro atoms. The summed E-state index contributed by atoms with van der Waals surface area (Å²) in [5.41, 5.74) is 0.852. The molecule has 0 radical (unpaired) electrons. The van der Waals surface area contributed by atoms with Crippen molar-refractivity contribution in [1.82, 2.24) is 15.1 Å². The van der Waals surface area contributed by atoms with E-state index < -0.39 is 11.7 Å². The third-order valence-electron chi connectivity index (χ3n) is 5.34. The zero-order chi connectivity index (χ0) is 23.1. The number of hydrogen-bond donors (Lipinski definition) is 1. The van der Waals surface area contributed by atoms with Gasteiger partial charge in [0.05, 0.1) is 18.7 Å². The molecule has 1 fully saturated rings. The molecule has 2 amide bonds. The summed E-state index contributed by atoms with van der Waals surface area (Å²) in [6.45, 7) is 3.21. The van der Waals surface area contributed by atoms with Crippen LogP contribution in [-0.2, 0) is 15.7 Å². The Bertz CT molecular complexity index is 924. The molecule has 2 aromatic rings.